The predicted octanol–water partition coefficient (Wildman–Crippen LogP) is 10.1. The second-order valence-electron chi connectivity index (χ2n) is 20.9. The number of alkyl halides is 2. The van der Waals surface area contributed by atoms with Gasteiger partial charge in [-0.15, -0.1) is 0 Å². The largest absolute Gasteiger partial charge is 0.593 e. The number of carbonyl (C=O) groups excluding carboxylic acids is 4. The summed E-state index contributed by atoms with van der Waals surface area (Å²) in [6, 6.07) is 28.8. The molecule has 2 saturated carbocycles. The van der Waals surface area contributed by atoms with Crippen LogP contribution in [0.25, 0.3) is 22.3 Å². The number of amides is 2. The van der Waals surface area contributed by atoms with Crippen LogP contribution >= 0.6 is 0 Å². The number of ketones is 2. The lowest BCUT2D eigenvalue weighted by atomic mass is 9.89. The second-order valence-corrected chi connectivity index (χ2v) is 24.4. The minimum absolute atomic E-state index is 0.0326. The van der Waals surface area contributed by atoms with Gasteiger partial charge in [0.15, 0.2) is 5.78 Å². The Balaban J connectivity index is 0.872. The molecule has 3 fully saturated rings. The maximum absolute atomic E-state index is 14.5. The number of rotatable bonds is 16. The van der Waals surface area contributed by atoms with Crippen LogP contribution in [0.4, 0.5) is 20.2 Å². The van der Waals surface area contributed by atoms with Crippen LogP contribution in [0.2, 0.25) is 0 Å². The van der Waals surface area contributed by atoms with Gasteiger partial charge in [-0.05, 0) is 147 Å². The van der Waals surface area contributed by atoms with Gasteiger partial charge in [-0.25, -0.2) is 21.9 Å². The predicted molar refractivity (Wildman–Crippen MR) is 285 cm³/mol. The van der Waals surface area contributed by atoms with Crippen molar-refractivity contribution in [3.8, 4) is 22.3 Å². The molecule has 0 spiro atoms. The molecule has 4 aromatic carbocycles. The van der Waals surface area contributed by atoms with Gasteiger partial charge < -0.3 is 23.8 Å². The van der Waals surface area contributed by atoms with Gasteiger partial charge in [0.25, 0.3) is 11.8 Å². The third-order valence-corrected chi connectivity index (χ3v) is 18.3. The van der Waals surface area contributed by atoms with E-state index in [0.717, 1.165) is 29.2 Å². The van der Waals surface area contributed by atoms with Crippen LogP contribution in [0.5, 0.6) is 0 Å². The highest BCUT2D eigenvalue weighted by atomic mass is 32.2. The van der Waals surface area contributed by atoms with Gasteiger partial charge in [0, 0.05) is 75.0 Å². The van der Waals surface area contributed by atoms with Crippen LogP contribution in [0.3, 0.4) is 0 Å². The zero-order chi connectivity index (χ0) is 52.8. The van der Waals surface area contributed by atoms with Crippen molar-refractivity contribution in [2.75, 3.05) is 61.7 Å². The molecule has 2 heterocycles. The van der Waals surface area contributed by atoms with Crippen molar-refractivity contribution in [2.24, 2.45) is 17.8 Å². The van der Waals surface area contributed by atoms with Gasteiger partial charge >= 0.3 is 0 Å². The van der Waals surface area contributed by atoms with E-state index < -0.39 is 50.0 Å². The van der Waals surface area contributed by atoms with Crippen molar-refractivity contribution >= 4 is 56.1 Å². The van der Waals surface area contributed by atoms with Crippen LogP contribution in [-0.4, -0.2) is 115 Å². The van der Waals surface area contributed by atoms with E-state index in [1.165, 1.54) is 7.11 Å². The number of anilines is 2. The van der Waals surface area contributed by atoms with E-state index in [2.05, 4.69) is 16.4 Å². The fourth-order valence-electron chi connectivity index (χ4n) is 9.93. The summed E-state index contributed by atoms with van der Waals surface area (Å²) in [4.78, 5) is 60.1. The van der Waals surface area contributed by atoms with Crippen molar-refractivity contribution in [3.05, 3.63) is 120 Å². The average molecular weight is 1060 g/mol. The first-order valence-electron chi connectivity index (χ1n) is 25.7. The molecule has 13 nitrogen and oxygen atoms in total. The zero-order valence-corrected chi connectivity index (χ0v) is 44.3. The molecule has 4 aromatic rings. The van der Waals surface area contributed by atoms with Gasteiger partial charge in [0.05, 0.1) is 34.8 Å². The fourth-order valence-corrected chi connectivity index (χ4v) is 12.3. The van der Waals surface area contributed by atoms with Crippen LogP contribution in [0, 0.1) is 17.8 Å². The summed E-state index contributed by atoms with van der Waals surface area (Å²) in [6.07, 6.45) is 6.20. The first-order valence-corrected chi connectivity index (χ1v) is 28.5. The summed E-state index contributed by atoms with van der Waals surface area (Å²) in [5.41, 5.74) is 4.64. The summed E-state index contributed by atoms with van der Waals surface area (Å²) in [5.74, 6) is -4.50. The molecule has 5 atom stereocenters. The Hall–Kier alpha value is -5.46. The molecule has 2 N–H and O–H groups in total. The van der Waals surface area contributed by atoms with E-state index in [-0.39, 0.29) is 60.5 Å². The third-order valence-electron chi connectivity index (χ3n) is 15.1. The normalized spacial score (nSPS) is 23.9. The molecule has 2 aliphatic carbocycles. The first-order chi connectivity index (χ1) is 35.3. The van der Waals surface area contributed by atoms with Crippen molar-refractivity contribution in [3.63, 3.8) is 0 Å². The maximum Gasteiger partial charge on any atom is 0.254 e. The maximum atomic E-state index is 14.5. The number of sulfonamides is 1. The van der Waals surface area contributed by atoms with Gasteiger partial charge in [-0.3, -0.25) is 23.9 Å². The minimum atomic E-state index is -3.51. The Kier molecular flexibility index (Phi) is 17.2. The lowest BCUT2D eigenvalue weighted by Crippen LogP contribution is -2.38. The van der Waals surface area contributed by atoms with Gasteiger partial charge in [-0.2, -0.15) is 0 Å². The van der Waals surface area contributed by atoms with Crippen LogP contribution < -0.4 is 9.44 Å². The highest BCUT2D eigenvalue weighted by Crippen LogP contribution is 2.54. The van der Waals surface area contributed by atoms with Gasteiger partial charge in [0.2, 0.25) is 15.9 Å². The van der Waals surface area contributed by atoms with Gasteiger partial charge in [-0.1, -0.05) is 61.5 Å². The molecular weight excluding hydrogens is 987 g/mol. The SMILES string of the molecule is COC1(C(=O)/C2=C/CN(C(=O)c3ccc(-c4cccc(N[S+]([O-])CCC(C)(F)F)c4)cc3)CCCC2)CC1C1COCC(C)CCN(C(=O)c2ccc(-c3cccc(NS(=O)(=O)C4(C)CC4)c3)cc2)CCCC1=O. The van der Waals surface area contributed by atoms with Crippen LogP contribution in [0.1, 0.15) is 106 Å². The van der Waals surface area contributed by atoms with Crippen LogP contribution in [-0.2, 0) is 40.4 Å². The number of nitrogens with one attached hydrogen (secondary N) is 2. The first kappa shape index (κ1) is 54.8. The molecule has 2 amide bonds. The van der Waals surface area contributed by atoms with Crippen molar-refractivity contribution in [1.29, 1.82) is 0 Å². The molecule has 0 bridgehead atoms. The standard InChI is InChI=1S/C57H68F2N4O9S2/c1-39-24-31-63(54(67)44-22-18-41(19-23-44)46-12-8-14-48(35-46)61-74(69,70)55(2)26-27-55)30-9-15-51(64)49(38-72-37-39)50-36-57(50,71-4)52(65)42-10-5-6-29-62(32-25-42)53(66)43-20-16-40(17-21-43)45-11-7-13-47(34-45)60-73(68)33-28-56(3,58)59/h7-8,11-14,16-23,25,34-35,39,49-50,60-61H,5-6,9-10,15,24,26-33,36-38H2,1-4H3/b42-25+. The zero-order valence-electron chi connectivity index (χ0n) is 42.7. The number of ether oxygens (including phenoxy) is 2. The molecule has 396 valence electrons. The Labute approximate surface area is 437 Å². The minimum Gasteiger partial charge on any atom is -0.593 e. The summed E-state index contributed by atoms with van der Waals surface area (Å²) in [7, 11) is -1.99. The molecule has 5 unspecified atom stereocenters. The third kappa shape index (κ3) is 13.3. The summed E-state index contributed by atoms with van der Waals surface area (Å²) >= 11 is -1.68. The molecular formula is C57H68F2N4O9S2. The molecule has 4 aliphatic rings. The van der Waals surface area contributed by atoms with Gasteiger partial charge in [0.1, 0.15) is 17.1 Å². The number of halogens is 2. The molecule has 2 aliphatic heterocycles. The van der Waals surface area contributed by atoms with E-state index in [0.29, 0.717) is 106 Å². The number of methoxy groups -OCH3 is 1. The van der Waals surface area contributed by atoms with E-state index in [9.17, 15) is 40.9 Å². The van der Waals surface area contributed by atoms with E-state index in [4.69, 9.17) is 9.47 Å². The number of benzene rings is 4. The quantitative estimate of drug-likeness (QED) is 0.103. The lowest BCUT2D eigenvalue weighted by molar-refractivity contribution is -0.132. The monoisotopic (exact) mass is 1050 g/mol. The number of hydrogen-bond acceptors (Lipinski definition) is 10. The Morgan fingerprint density at radius 1 is 0.824 bits per heavy atom. The smallest absolute Gasteiger partial charge is 0.254 e. The number of Topliss-reactive ketones (excluding diaryl/α,β-unsaturated/α-hetero) is 2. The summed E-state index contributed by atoms with van der Waals surface area (Å²) < 4.78 is 81.7. The van der Waals surface area contributed by atoms with E-state index >= 15 is 0 Å². The Bertz CT molecular complexity index is 2820. The molecule has 0 radical (unpaired) electrons. The van der Waals surface area contributed by atoms with Crippen LogP contribution in [0.15, 0.2) is 109 Å². The summed E-state index contributed by atoms with van der Waals surface area (Å²) in [5, 5.41) is 0. The molecule has 17 heteroatoms. The van der Waals surface area contributed by atoms with Crippen molar-refractivity contribution < 1.29 is 50.4 Å². The van der Waals surface area contributed by atoms with Crippen molar-refractivity contribution in [2.45, 2.75) is 101 Å². The molecule has 0 aromatic heterocycles. The average Bonchev–Trinajstić information content (AvgIpc) is 4.31. The molecule has 74 heavy (non-hydrogen) atoms. The lowest BCUT2D eigenvalue weighted by Gasteiger charge is -2.27. The summed E-state index contributed by atoms with van der Waals surface area (Å²) in [6.45, 7) is 6.76. The second kappa shape index (κ2) is 23.2. The number of nitrogens with zero attached hydrogens (tertiary/aromatic N) is 2. The highest BCUT2D eigenvalue weighted by molar-refractivity contribution is 7.94. The molecule has 8 rings (SSSR count). The highest BCUT2D eigenvalue weighted by Gasteiger charge is 2.64. The number of hydrogen-bond donors (Lipinski definition) is 2. The van der Waals surface area contributed by atoms with E-state index in [1.807, 2.05) is 42.5 Å². The number of carbonyl (C=O) groups is 4. The molecule has 1 saturated heterocycles. The fraction of sp³-hybridized carbons (Fsp3) is 0.474. The Morgan fingerprint density at radius 2 is 1.43 bits per heavy atom. The van der Waals surface area contributed by atoms with Crippen molar-refractivity contribution in [1.82, 2.24) is 9.80 Å². The topological polar surface area (TPSA) is 174 Å². The Morgan fingerprint density at radius 3 is 2.05 bits per heavy atom. The van der Waals surface area contributed by atoms with E-state index in [1.54, 1.807) is 77.4 Å².